The van der Waals surface area contributed by atoms with Crippen molar-refractivity contribution in [1.29, 1.82) is 0 Å². The molecule has 6 heteroatoms. The zero-order valence-corrected chi connectivity index (χ0v) is 14.7. The molecule has 2 aromatic carbocycles. The van der Waals surface area contributed by atoms with E-state index in [0.717, 1.165) is 11.8 Å². The van der Waals surface area contributed by atoms with Gasteiger partial charge in [0.2, 0.25) is 0 Å². The predicted octanol–water partition coefficient (Wildman–Crippen LogP) is 3.58. The van der Waals surface area contributed by atoms with Gasteiger partial charge in [0, 0.05) is 23.9 Å². The molecule has 0 aliphatic heterocycles. The molecule has 1 atom stereocenters. The van der Waals surface area contributed by atoms with Crippen LogP contribution in [-0.2, 0) is 9.84 Å². The zero-order chi connectivity index (χ0) is 17.2. The van der Waals surface area contributed by atoms with Gasteiger partial charge in [-0.3, -0.25) is 4.79 Å². The molecular weight excluding hydrogens is 334 g/mol. The van der Waals surface area contributed by atoms with Crippen molar-refractivity contribution < 1.29 is 13.2 Å². The Morgan fingerprint density at radius 3 is 2.39 bits per heavy atom. The van der Waals surface area contributed by atoms with Crippen LogP contribution in [0.5, 0.6) is 0 Å². The maximum absolute atomic E-state index is 12.6. The third kappa shape index (κ3) is 4.12. The minimum atomic E-state index is -3.35. The summed E-state index contributed by atoms with van der Waals surface area (Å²) in [5.74, 6) is -0.247. The maximum Gasteiger partial charge on any atom is 0.254 e. The lowest BCUT2D eigenvalue weighted by molar-refractivity contribution is 0.0742. The summed E-state index contributed by atoms with van der Waals surface area (Å²) < 4.78 is 23.3. The largest absolute Gasteiger partial charge is 0.335 e. The number of hydrogen-bond donors (Lipinski definition) is 0. The lowest BCUT2D eigenvalue weighted by atomic mass is 10.1. The molecule has 0 saturated heterocycles. The van der Waals surface area contributed by atoms with E-state index in [1.807, 2.05) is 25.1 Å². The zero-order valence-electron chi connectivity index (χ0n) is 13.2. The molecule has 1 amide bonds. The number of carbonyl (C=O) groups excluding carboxylic acids is 1. The second kappa shape index (κ2) is 6.72. The fourth-order valence-electron chi connectivity index (χ4n) is 2.23. The standard InChI is InChI=1S/C17H18ClNO3S/c1-12(13-6-4-8-15(18)10-13)19(2)17(20)14-7-5-9-16(11-14)23(3,21)22/h4-12H,1-3H3. The molecule has 0 aliphatic rings. The van der Waals surface area contributed by atoms with Gasteiger partial charge in [-0.15, -0.1) is 0 Å². The highest BCUT2D eigenvalue weighted by molar-refractivity contribution is 7.90. The van der Waals surface area contributed by atoms with Gasteiger partial charge in [-0.1, -0.05) is 29.8 Å². The molecular formula is C17H18ClNO3S. The fourth-order valence-corrected chi connectivity index (χ4v) is 3.09. The van der Waals surface area contributed by atoms with Gasteiger partial charge in [-0.25, -0.2) is 8.42 Å². The SMILES string of the molecule is CC(c1cccc(Cl)c1)N(C)C(=O)c1cccc(S(C)(=O)=O)c1. The third-order valence-corrected chi connectivity index (χ3v) is 5.09. The minimum absolute atomic E-state index is 0.132. The van der Waals surface area contributed by atoms with E-state index >= 15 is 0 Å². The molecule has 0 bridgehead atoms. The van der Waals surface area contributed by atoms with Gasteiger partial charge in [0.25, 0.3) is 5.91 Å². The first kappa shape index (κ1) is 17.5. The molecule has 0 spiro atoms. The third-order valence-electron chi connectivity index (χ3n) is 3.74. The summed E-state index contributed by atoms with van der Waals surface area (Å²) in [4.78, 5) is 14.3. The highest BCUT2D eigenvalue weighted by atomic mass is 35.5. The number of sulfone groups is 1. The van der Waals surface area contributed by atoms with Crippen molar-refractivity contribution in [2.24, 2.45) is 0 Å². The number of hydrogen-bond acceptors (Lipinski definition) is 3. The number of rotatable bonds is 4. The molecule has 0 aromatic heterocycles. The Balaban J connectivity index is 2.29. The molecule has 0 aliphatic carbocycles. The first-order chi connectivity index (χ1) is 10.7. The first-order valence-electron chi connectivity index (χ1n) is 7.03. The summed E-state index contributed by atoms with van der Waals surface area (Å²) in [5, 5.41) is 0.606. The molecule has 23 heavy (non-hydrogen) atoms. The predicted molar refractivity (Wildman–Crippen MR) is 91.5 cm³/mol. The van der Waals surface area contributed by atoms with Crippen molar-refractivity contribution in [2.75, 3.05) is 13.3 Å². The van der Waals surface area contributed by atoms with Crippen LogP contribution in [0.15, 0.2) is 53.4 Å². The van der Waals surface area contributed by atoms with Crippen molar-refractivity contribution in [3.05, 3.63) is 64.7 Å². The van der Waals surface area contributed by atoms with Crippen LogP contribution in [0.1, 0.15) is 28.9 Å². The van der Waals surface area contributed by atoms with Crippen molar-refractivity contribution >= 4 is 27.3 Å². The summed E-state index contributed by atoms with van der Waals surface area (Å²) in [6.45, 7) is 1.89. The minimum Gasteiger partial charge on any atom is -0.335 e. The van der Waals surface area contributed by atoms with E-state index in [9.17, 15) is 13.2 Å². The fraction of sp³-hybridized carbons (Fsp3) is 0.235. The van der Waals surface area contributed by atoms with Crippen LogP contribution in [0.25, 0.3) is 0 Å². The van der Waals surface area contributed by atoms with Gasteiger partial charge in [-0.05, 0) is 42.8 Å². The molecule has 0 saturated carbocycles. The lowest BCUT2D eigenvalue weighted by Gasteiger charge is -2.25. The topological polar surface area (TPSA) is 54.5 Å². The summed E-state index contributed by atoms with van der Waals surface area (Å²) in [6.07, 6.45) is 1.12. The monoisotopic (exact) mass is 351 g/mol. The van der Waals surface area contributed by atoms with Crippen molar-refractivity contribution in [3.63, 3.8) is 0 Å². The van der Waals surface area contributed by atoms with Gasteiger partial charge in [-0.2, -0.15) is 0 Å². The van der Waals surface area contributed by atoms with Gasteiger partial charge in [0.05, 0.1) is 10.9 Å². The van der Waals surface area contributed by atoms with E-state index in [2.05, 4.69) is 0 Å². The normalized spacial score (nSPS) is 12.7. The summed E-state index contributed by atoms with van der Waals surface area (Å²) >= 11 is 5.99. The molecule has 0 heterocycles. The average molecular weight is 352 g/mol. The number of benzene rings is 2. The quantitative estimate of drug-likeness (QED) is 0.846. The van der Waals surface area contributed by atoms with Gasteiger partial charge in [0.15, 0.2) is 9.84 Å². The van der Waals surface area contributed by atoms with Crippen molar-refractivity contribution in [3.8, 4) is 0 Å². The van der Waals surface area contributed by atoms with Crippen LogP contribution >= 0.6 is 11.6 Å². The Morgan fingerprint density at radius 2 is 1.78 bits per heavy atom. The molecule has 2 aromatic rings. The molecule has 122 valence electrons. The molecule has 0 fully saturated rings. The Kier molecular flexibility index (Phi) is 5.12. The molecule has 2 rings (SSSR count). The van der Waals surface area contributed by atoms with Crippen LogP contribution in [0.4, 0.5) is 0 Å². The Hall–Kier alpha value is -1.85. The smallest absolute Gasteiger partial charge is 0.254 e. The van der Waals surface area contributed by atoms with Crippen LogP contribution < -0.4 is 0 Å². The van der Waals surface area contributed by atoms with Gasteiger partial charge in [0.1, 0.15) is 0 Å². The van der Waals surface area contributed by atoms with Crippen molar-refractivity contribution in [2.45, 2.75) is 17.9 Å². The lowest BCUT2D eigenvalue weighted by Crippen LogP contribution is -2.29. The molecule has 0 radical (unpaired) electrons. The Labute approximate surface area is 141 Å². The van der Waals surface area contributed by atoms with E-state index in [0.29, 0.717) is 10.6 Å². The average Bonchev–Trinajstić information content (AvgIpc) is 2.52. The Morgan fingerprint density at radius 1 is 1.13 bits per heavy atom. The Bertz CT molecular complexity index is 833. The molecule has 4 nitrogen and oxygen atoms in total. The highest BCUT2D eigenvalue weighted by Crippen LogP contribution is 2.24. The van der Waals surface area contributed by atoms with Crippen molar-refractivity contribution in [1.82, 2.24) is 4.90 Å². The number of carbonyl (C=O) groups is 1. The maximum atomic E-state index is 12.6. The van der Waals surface area contributed by atoms with E-state index in [1.54, 1.807) is 30.1 Å². The summed E-state index contributed by atoms with van der Waals surface area (Å²) in [5.41, 5.74) is 1.25. The van der Waals surface area contributed by atoms with Crippen LogP contribution in [-0.4, -0.2) is 32.5 Å². The number of nitrogens with zero attached hydrogens (tertiary/aromatic N) is 1. The molecule has 0 N–H and O–H groups in total. The second-order valence-electron chi connectivity index (χ2n) is 5.45. The van der Waals surface area contributed by atoms with E-state index < -0.39 is 9.84 Å². The van der Waals surface area contributed by atoms with Gasteiger partial charge >= 0.3 is 0 Å². The van der Waals surface area contributed by atoms with E-state index in [4.69, 9.17) is 11.6 Å². The second-order valence-corrected chi connectivity index (χ2v) is 7.90. The molecule has 1 unspecified atom stereocenters. The number of amides is 1. The van der Waals surface area contributed by atoms with Crippen LogP contribution in [0, 0.1) is 0 Å². The first-order valence-corrected chi connectivity index (χ1v) is 9.30. The van der Waals surface area contributed by atoms with Gasteiger partial charge < -0.3 is 4.90 Å². The highest BCUT2D eigenvalue weighted by Gasteiger charge is 2.20. The summed E-state index contributed by atoms with van der Waals surface area (Å²) in [6, 6.07) is 13.2. The number of halogens is 1. The van der Waals surface area contributed by atoms with Crippen LogP contribution in [0.2, 0.25) is 5.02 Å². The van der Waals surface area contributed by atoms with E-state index in [1.165, 1.54) is 12.1 Å². The summed E-state index contributed by atoms with van der Waals surface area (Å²) in [7, 11) is -1.67. The van der Waals surface area contributed by atoms with E-state index in [-0.39, 0.29) is 16.8 Å². The van der Waals surface area contributed by atoms with Crippen LogP contribution in [0.3, 0.4) is 0 Å².